The van der Waals surface area contributed by atoms with Crippen molar-refractivity contribution in [1.82, 2.24) is 0 Å². The smallest absolute Gasteiger partial charge is 0.306 e. The van der Waals surface area contributed by atoms with E-state index in [-0.39, 0.29) is 5.92 Å². The summed E-state index contributed by atoms with van der Waals surface area (Å²) in [6.45, 7) is 0. The highest BCUT2D eigenvalue weighted by atomic mass is 16.6. The molecule has 1 aliphatic rings. The maximum absolute atomic E-state index is 10.9. The number of carbonyl (C=O) groups is 1. The van der Waals surface area contributed by atoms with Crippen molar-refractivity contribution in [3.63, 3.8) is 0 Å². The first-order valence-electron chi connectivity index (χ1n) is 6.15. The second-order valence-corrected chi connectivity index (χ2v) is 4.52. The van der Waals surface area contributed by atoms with Crippen LogP contribution in [0.2, 0.25) is 0 Å². The van der Waals surface area contributed by atoms with E-state index in [2.05, 4.69) is 5.16 Å². The van der Waals surface area contributed by atoms with E-state index in [9.17, 15) is 4.79 Å². The Labute approximate surface area is 111 Å². The third-order valence-corrected chi connectivity index (χ3v) is 3.11. The van der Waals surface area contributed by atoms with Gasteiger partial charge in [-0.15, -0.1) is 0 Å². The molecule has 1 aliphatic carbocycles. The van der Waals surface area contributed by atoms with E-state index < -0.39 is 5.97 Å². The number of aliphatic carboxylic acids is 1. The van der Waals surface area contributed by atoms with Crippen LogP contribution in [0.15, 0.2) is 29.4 Å². The molecule has 5 heteroatoms. The van der Waals surface area contributed by atoms with Crippen LogP contribution in [-0.4, -0.2) is 16.8 Å². The van der Waals surface area contributed by atoms with Crippen molar-refractivity contribution in [3.05, 3.63) is 29.8 Å². The lowest BCUT2D eigenvalue weighted by Crippen LogP contribution is -2.22. The molecule has 1 saturated carbocycles. The molecule has 1 unspecified atom stereocenters. The molecule has 2 rings (SSSR count). The lowest BCUT2D eigenvalue weighted by atomic mass is 9.88. The molecule has 19 heavy (non-hydrogen) atoms. The molecular weight excluding hydrogens is 244 g/mol. The summed E-state index contributed by atoms with van der Waals surface area (Å²) in [5.74, 6) is -0.577. The Morgan fingerprint density at radius 2 is 2.16 bits per heavy atom. The van der Waals surface area contributed by atoms with Gasteiger partial charge in [0.25, 0.3) is 0 Å². The summed E-state index contributed by atoms with van der Waals surface area (Å²) >= 11 is 0. The fourth-order valence-electron chi connectivity index (χ4n) is 2.04. The summed E-state index contributed by atoms with van der Waals surface area (Å²) < 4.78 is 0. The van der Waals surface area contributed by atoms with Crippen molar-refractivity contribution in [1.29, 1.82) is 5.26 Å². The first kappa shape index (κ1) is 13.1. The molecule has 0 spiro atoms. The summed E-state index contributed by atoms with van der Waals surface area (Å²) in [7, 11) is 0. The quantitative estimate of drug-likeness (QED) is 0.844. The molecule has 1 aromatic rings. The van der Waals surface area contributed by atoms with Crippen molar-refractivity contribution in [2.75, 3.05) is 0 Å². The van der Waals surface area contributed by atoms with Gasteiger partial charge in [0.15, 0.2) is 5.75 Å². The van der Waals surface area contributed by atoms with E-state index in [1.807, 2.05) is 6.07 Å². The predicted octanol–water partition coefficient (Wildman–Crippen LogP) is 2.57. The highest BCUT2D eigenvalue weighted by Gasteiger charge is 2.24. The number of hydrogen-bond acceptors (Lipinski definition) is 4. The van der Waals surface area contributed by atoms with E-state index in [0.29, 0.717) is 24.2 Å². The SMILES string of the molecule is N#Cc1ccc(ON=C2CCCC(C(=O)O)C2)cc1. The Morgan fingerprint density at radius 1 is 1.42 bits per heavy atom. The van der Waals surface area contributed by atoms with Crippen molar-refractivity contribution in [2.24, 2.45) is 11.1 Å². The molecule has 0 radical (unpaired) electrons. The van der Waals surface area contributed by atoms with Gasteiger partial charge in [0.1, 0.15) is 0 Å². The molecule has 0 amide bonds. The van der Waals surface area contributed by atoms with Gasteiger partial charge in [-0.3, -0.25) is 4.79 Å². The van der Waals surface area contributed by atoms with Gasteiger partial charge in [-0.25, -0.2) is 0 Å². The Morgan fingerprint density at radius 3 is 2.79 bits per heavy atom. The topological polar surface area (TPSA) is 82.7 Å². The molecule has 0 aromatic heterocycles. The second kappa shape index (κ2) is 6.01. The zero-order valence-corrected chi connectivity index (χ0v) is 10.4. The number of carboxylic acids is 1. The number of rotatable bonds is 3. The zero-order chi connectivity index (χ0) is 13.7. The first-order valence-corrected chi connectivity index (χ1v) is 6.15. The summed E-state index contributed by atoms with van der Waals surface area (Å²) in [5, 5.41) is 21.7. The van der Waals surface area contributed by atoms with Crippen LogP contribution in [0.5, 0.6) is 5.75 Å². The minimum Gasteiger partial charge on any atom is -0.481 e. The molecule has 0 saturated heterocycles. The molecule has 0 bridgehead atoms. The Balaban J connectivity index is 1.97. The Bertz CT molecular complexity index is 529. The molecular formula is C14H14N2O3. The Kier molecular flexibility index (Phi) is 4.14. The van der Waals surface area contributed by atoms with Crippen LogP contribution in [0.1, 0.15) is 31.2 Å². The Hall–Kier alpha value is -2.35. The maximum atomic E-state index is 10.9. The fraction of sp³-hybridized carbons (Fsp3) is 0.357. The van der Waals surface area contributed by atoms with Gasteiger partial charge in [-0.2, -0.15) is 5.26 Å². The van der Waals surface area contributed by atoms with Gasteiger partial charge in [0.05, 0.1) is 23.3 Å². The molecule has 98 valence electrons. The minimum atomic E-state index is -0.772. The molecule has 1 N–H and O–H groups in total. The number of nitriles is 1. The monoisotopic (exact) mass is 258 g/mol. The van der Waals surface area contributed by atoms with Crippen LogP contribution in [0, 0.1) is 17.2 Å². The van der Waals surface area contributed by atoms with Crippen LogP contribution >= 0.6 is 0 Å². The second-order valence-electron chi connectivity index (χ2n) is 4.52. The lowest BCUT2D eigenvalue weighted by Gasteiger charge is -2.18. The molecule has 1 atom stereocenters. The number of carboxylic acid groups (broad SMARTS) is 1. The van der Waals surface area contributed by atoms with Crippen molar-refractivity contribution < 1.29 is 14.7 Å². The number of benzene rings is 1. The van der Waals surface area contributed by atoms with Crippen LogP contribution in [0.25, 0.3) is 0 Å². The van der Waals surface area contributed by atoms with Gasteiger partial charge in [-0.1, -0.05) is 5.16 Å². The summed E-state index contributed by atoms with van der Waals surface area (Å²) in [6.07, 6.45) is 2.75. The van der Waals surface area contributed by atoms with Gasteiger partial charge in [0.2, 0.25) is 0 Å². The van der Waals surface area contributed by atoms with E-state index in [1.54, 1.807) is 24.3 Å². The summed E-state index contributed by atoms with van der Waals surface area (Å²) in [6, 6.07) is 8.65. The highest BCUT2D eigenvalue weighted by molar-refractivity contribution is 5.89. The third kappa shape index (κ3) is 3.55. The first-order chi connectivity index (χ1) is 9.19. The van der Waals surface area contributed by atoms with Gasteiger partial charge in [0, 0.05) is 6.42 Å². The largest absolute Gasteiger partial charge is 0.481 e. The van der Waals surface area contributed by atoms with E-state index in [1.165, 1.54) is 0 Å². The average Bonchev–Trinajstić information content (AvgIpc) is 2.46. The van der Waals surface area contributed by atoms with Crippen LogP contribution in [-0.2, 0) is 4.79 Å². The number of oxime groups is 1. The normalized spacial score (nSPS) is 20.8. The van der Waals surface area contributed by atoms with Crippen LogP contribution in [0.3, 0.4) is 0 Å². The third-order valence-electron chi connectivity index (χ3n) is 3.11. The van der Waals surface area contributed by atoms with Crippen LogP contribution in [0.4, 0.5) is 0 Å². The number of nitrogens with zero attached hydrogens (tertiary/aromatic N) is 2. The highest BCUT2D eigenvalue weighted by Crippen LogP contribution is 2.23. The molecule has 1 fully saturated rings. The minimum absolute atomic E-state index is 0.350. The average molecular weight is 258 g/mol. The van der Waals surface area contributed by atoms with Gasteiger partial charge >= 0.3 is 5.97 Å². The molecule has 0 aliphatic heterocycles. The van der Waals surface area contributed by atoms with E-state index >= 15 is 0 Å². The summed E-state index contributed by atoms with van der Waals surface area (Å²) in [5.41, 5.74) is 1.34. The number of hydrogen-bond donors (Lipinski definition) is 1. The van der Waals surface area contributed by atoms with Crippen LogP contribution < -0.4 is 4.84 Å². The zero-order valence-electron chi connectivity index (χ0n) is 10.4. The lowest BCUT2D eigenvalue weighted by molar-refractivity contribution is -0.141. The van der Waals surface area contributed by atoms with E-state index in [4.69, 9.17) is 15.2 Å². The predicted molar refractivity (Wildman–Crippen MR) is 68.8 cm³/mol. The van der Waals surface area contributed by atoms with E-state index in [0.717, 1.165) is 18.6 Å². The maximum Gasteiger partial charge on any atom is 0.306 e. The van der Waals surface area contributed by atoms with Gasteiger partial charge < -0.3 is 9.94 Å². The summed E-state index contributed by atoms with van der Waals surface area (Å²) in [4.78, 5) is 16.2. The van der Waals surface area contributed by atoms with Crippen molar-refractivity contribution in [3.8, 4) is 11.8 Å². The molecule has 1 aromatic carbocycles. The molecule has 5 nitrogen and oxygen atoms in total. The molecule has 0 heterocycles. The fourth-order valence-corrected chi connectivity index (χ4v) is 2.04. The van der Waals surface area contributed by atoms with Gasteiger partial charge in [-0.05, 0) is 43.5 Å². The van der Waals surface area contributed by atoms with Crippen molar-refractivity contribution in [2.45, 2.75) is 25.7 Å². The standard InChI is InChI=1S/C14H14N2O3/c15-9-10-4-6-13(7-5-10)19-16-12-3-1-2-11(8-12)14(17)18/h4-7,11H,1-3,8H2,(H,17,18). The van der Waals surface area contributed by atoms with Crippen molar-refractivity contribution >= 4 is 11.7 Å².